The molecule has 0 spiro atoms. The molecule has 0 atom stereocenters. The molecule has 0 aromatic carbocycles. The lowest BCUT2D eigenvalue weighted by atomic mass is 10.4. The van der Waals surface area contributed by atoms with Crippen LogP contribution in [0.15, 0.2) is 10.2 Å². The molecular formula is C9H10N8S. The van der Waals surface area contributed by atoms with Crippen molar-refractivity contribution in [3.05, 3.63) is 17.3 Å². The zero-order valence-corrected chi connectivity index (χ0v) is 10.9. The topological polar surface area (TPSA) is 96.5 Å². The highest BCUT2D eigenvalue weighted by molar-refractivity contribution is 7.09. The number of azo groups is 1. The van der Waals surface area contributed by atoms with E-state index in [1.807, 2.05) is 20.8 Å². The predicted octanol–water partition coefficient (Wildman–Crippen LogP) is 2.25. The Hall–Kier alpha value is -2.16. The van der Waals surface area contributed by atoms with Gasteiger partial charge in [-0.05, 0) is 20.8 Å². The number of aryl methyl sites for hydroxylation is 3. The number of hydrogen-bond donors (Lipinski definition) is 1. The number of nitrogens with one attached hydrogen (secondary N) is 1. The monoisotopic (exact) mass is 262 g/mol. The van der Waals surface area contributed by atoms with Crippen LogP contribution < -0.4 is 0 Å². The number of aromatic amines is 1. The lowest BCUT2D eigenvalue weighted by Crippen LogP contribution is -1.87. The maximum absolute atomic E-state index is 4.17. The summed E-state index contributed by atoms with van der Waals surface area (Å²) in [5.41, 5.74) is 2.21. The molecule has 18 heavy (non-hydrogen) atoms. The van der Waals surface area contributed by atoms with E-state index in [1.165, 1.54) is 11.5 Å². The van der Waals surface area contributed by atoms with Crippen LogP contribution in [0, 0.1) is 20.8 Å². The molecule has 0 saturated carbocycles. The third kappa shape index (κ3) is 1.68. The number of fused-ring (bicyclic) bond motifs is 1. The molecular weight excluding hydrogens is 252 g/mol. The maximum Gasteiger partial charge on any atom is 0.249 e. The minimum Gasteiger partial charge on any atom is -0.293 e. The number of hydrogen-bond acceptors (Lipinski definition) is 7. The largest absolute Gasteiger partial charge is 0.293 e. The van der Waals surface area contributed by atoms with Gasteiger partial charge in [-0.15, -0.1) is 20.4 Å². The summed E-state index contributed by atoms with van der Waals surface area (Å²) < 4.78 is 5.81. The van der Waals surface area contributed by atoms with Gasteiger partial charge >= 0.3 is 0 Å². The summed E-state index contributed by atoms with van der Waals surface area (Å²) in [6, 6.07) is 0. The van der Waals surface area contributed by atoms with Gasteiger partial charge in [-0.3, -0.25) is 5.10 Å². The average Bonchev–Trinajstić information content (AvgIpc) is 2.97. The van der Waals surface area contributed by atoms with E-state index in [1.54, 1.807) is 4.52 Å². The molecule has 0 amide bonds. The van der Waals surface area contributed by atoms with Crippen molar-refractivity contribution >= 4 is 28.0 Å². The fourth-order valence-corrected chi connectivity index (χ4v) is 2.08. The van der Waals surface area contributed by atoms with Crippen molar-refractivity contribution in [2.24, 2.45) is 10.2 Å². The van der Waals surface area contributed by atoms with E-state index in [4.69, 9.17) is 0 Å². The van der Waals surface area contributed by atoms with Crippen LogP contribution in [-0.4, -0.2) is 29.2 Å². The standard InChI is InChI=1S/C9H10N8S/c1-4-7(8-13-11-6(3)17(8)15-4)12-14-9-10-5(2)16-18-9/h15H,1-3H3. The highest BCUT2D eigenvalue weighted by atomic mass is 32.1. The minimum atomic E-state index is 0.530. The Kier molecular flexibility index (Phi) is 2.40. The van der Waals surface area contributed by atoms with Crippen LogP contribution in [0.25, 0.3) is 5.65 Å². The molecule has 9 heteroatoms. The summed E-state index contributed by atoms with van der Waals surface area (Å²) >= 11 is 1.21. The summed E-state index contributed by atoms with van der Waals surface area (Å²) in [4.78, 5) is 4.12. The second-order valence-corrected chi connectivity index (χ2v) is 4.55. The van der Waals surface area contributed by atoms with Crippen molar-refractivity contribution in [3.8, 4) is 0 Å². The number of rotatable bonds is 2. The molecule has 8 nitrogen and oxygen atoms in total. The summed E-state index contributed by atoms with van der Waals surface area (Å²) in [6.07, 6.45) is 0. The maximum atomic E-state index is 4.17. The van der Waals surface area contributed by atoms with Crippen LogP contribution in [0.2, 0.25) is 0 Å². The van der Waals surface area contributed by atoms with Crippen molar-refractivity contribution in [2.45, 2.75) is 20.8 Å². The van der Waals surface area contributed by atoms with Crippen molar-refractivity contribution in [1.82, 2.24) is 29.2 Å². The fraction of sp³-hybridized carbons (Fsp3) is 0.333. The lowest BCUT2D eigenvalue weighted by molar-refractivity contribution is 0.875. The Balaban J connectivity index is 2.04. The van der Waals surface area contributed by atoms with Gasteiger partial charge in [0.2, 0.25) is 10.8 Å². The van der Waals surface area contributed by atoms with E-state index in [0.29, 0.717) is 22.3 Å². The third-order valence-corrected chi connectivity index (χ3v) is 3.12. The first-order valence-electron chi connectivity index (χ1n) is 5.27. The molecule has 0 aliphatic heterocycles. The van der Waals surface area contributed by atoms with E-state index >= 15 is 0 Å². The van der Waals surface area contributed by atoms with Gasteiger partial charge in [-0.25, -0.2) is 9.50 Å². The zero-order chi connectivity index (χ0) is 12.7. The predicted molar refractivity (Wildman–Crippen MR) is 65.6 cm³/mol. The Bertz CT molecular complexity index is 733. The number of H-pyrrole nitrogens is 1. The van der Waals surface area contributed by atoms with Gasteiger partial charge in [-0.1, -0.05) is 0 Å². The molecule has 0 unspecified atom stereocenters. The molecule has 0 aliphatic rings. The van der Waals surface area contributed by atoms with Crippen molar-refractivity contribution in [3.63, 3.8) is 0 Å². The van der Waals surface area contributed by atoms with Crippen LogP contribution >= 0.6 is 11.5 Å². The molecule has 3 aromatic rings. The highest BCUT2D eigenvalue weighted by Gasteiger charge is 2.12. The molecule has 92 valence electrons. The van der Waals surface area contributed by atoms with Gasteiger partial charge in [0.25, 0.3) is 0 Å². The SMILES string of the molecule is Cc1nsc(N=Nc2c(C)[nH]n3c(C)nnc23)n1. The highest BCUT2D eigenvalue weighted by Crippen LogP contribution is 2.26. The fourth-order valence-electron chi connectivity index (χ4n) is 1.58. The molecule has 0 radical (unpaired) electrons. The molecule has 3 heterocycles. The van der Waals surface area contributed by atoms with Crippen molar-refractivity contribution in [2.75, 3.05) is 0 Å². The van der Waals surface area contributed by atoms with Gasteiger partial charge < -0.3 is 0 Å². The minimum absolute atomic E-state index is 0.530. The first-order chi connectivity index (χ1) is 8.65. The molecule has 0 bridgehead atoms. The quantitative estimate of drug-likeness (QED) is 0.716. The second-order valence-electron chi connectivity index (χ2n) is 3.82. The van der Waals surface area contributed by atoms with Crippen LogP contribution in [-0.2, 0) is 0 Å². The summed E-state index contributed by atoms with van der Waals surface area (Å²) in [7, 11) is 0. The van der Waals surface area contributed by atoms with E-state index in [0.717, 1.165) is 11.5 Å². The Morgan fingerprint density at radius 3 is 2.72 bits per heavy atom. The van der Waals surface area contributed by atoms with Crippen molar-refractivity contribution in [1.29, 1.82) is 0 Å². The Morgan fingerprint density at radius 1 is 1.17 bits per heavy atom. The molecule has 0 aliphatic carbocycles. The van der Waals surface area contributed by atoms with Crippen LogP contribution in [0.1, 0.15) is 17.3 Å². The zero-order valence-electron chi connectivity index (χ0n) is 10.0. The van der Waals surface area contributed by atoms with Crippen molar-refractivity contribution < 1.29 is 0 Å². The third-order valence-electron chi connectivity index (χ3n) is 2.42. The molecule has 0 saturated heterocycles. The van der Waals surface area contributed by atoms with Gasteiger partial charge in [0, 0.05) is 11.5 Å². The van der Waals surface area contributed by atoms with Crippen LogP contribution in [0.5, 0.6) is 0 Å². The van der Waals surface area contributed by atoms with Gasteiger partial charge in [0.15, 0.2) is 5.69 Å². The van der Waals surface area contributed by atoms with Gasteiger partial charge in [0.1, 0.15) is 11.6 Å². The molecule has 0 fully saturated rings. The van der Waals surface area contributed by atoms with E-state index in [-0.39, 0.29) is 0 Å². The number of nitrogens with zero attached hydrogens (tertiary/aromatic N) is 7. The first kappa shape index (κ1) is 11.0. The first-order valence-corrected chi connectivity index (χ1v) is 6.05. The molecule has 3 rings (SSSR count). The smallest absolute Gasteiger partial charge is 0.249 e. The van der Waals surface area contributed by atoms with E-state index in [9.17, 15) is 0 Å². The van der Waals surface area contributed by atoms with Crippen LogP contribution in [0.4, 0.5) is 10.8 Å². The number of aromatic nitrogens is 6. The molecule has 1 N–H and O–H groups in total. The van der Waals surface area contributed by atoms with Gasteiger partial charge in [0.05, 0.1) is 5.69 Å². The normalized spacial score (nSPS) is 11.9. The van der Waals surface area contributed by atoms with E-state index < -0.39 is 0 Å². The Morgan fingerprint density at radius 2 is 2.00 bits per heavy atom. The van der Waals surface area contributed by atoms with Crippen LogP contribution in [0.3, 0.4) is 0 Å². The summed E-state index contributed by atoms with van der Waals surface area (Å²) in [5.74, 6) is 1.48. The molecule has 3 aromatic heterocycles. The van der Waals surface area contributed by atoms with Gasteiger partial charge in [-0.2, -0.15) is 4.37 Å². The van der Waals surface area contributed by atoms with E-state index in [2.05, 4.69) is 34.9 Å². The summed E-state index contributed by atoms with van der Waals surface area (Å²) in [5, 5.41) is 19.9. The summed E-state index contributed by atoms with van der Waals surface area (Å²) in [6.45, 7) is 5.59. The average molecular weight is 262 g/mol. The lowest BCUT2D eigenvalue weighted by Gasteiger charge is -1.86. The second kappa shape index (κ2) is 3.95. The Labute approximate surface area is 106 Å².